The van der Waals surface area contributed by atoms with Gasteiger partial charge in [-0.15, -0.1) is 0 Å². The van der Waals surface area contributed by atoms with Gasteiger partial charge in [-0.3, -0.25) is 4.98 Å². The van der Waals surface area contributed by atoms with Crippen LogP contribution in [-0.4, -0.2) is 35.4 Å². The van der Waals surface area contributed by atoms with Gasteiger partial charge in [-0.05, 0) is 66.8 Å². The fraction of sp³-hybridized carbons (Fsp3) is 0.148. The van der Waals surface area contributed by atoms with Gasteiger partial charge in [-0.25, -0.2) is 4.79 Å². The molecule has 1 saturated heterocycles. The van der Waals surface area contributed by atoms with E-state index in [1.54, 1.807) is 32.5 Å². The highest BCUT2D eigenvalue weighted by atomic mass is 35.5. The SMILES string of the molecule is COc1ccc(OC)c(N2C(=S)NC(c3ccccn3)C2c2ccc(-c3cc(C(=O)O)ccc3Cl)o2)c1. The molecule has 0 amide bonds. The Morgan fingerprint density at radius 2 is 1.95 bits per heavy atom. The van der Waals surface area contributed by atoms with Gasteiger partial charge in [-0.2, -0.15) is 0 Å². The number of carboxylic acids is 1. The third kappa shape index (κ3) is 4.59. The van der Waals surface area contributed by atoms with E-state index in [1.165, 1.54) is 12.1 Å². The molecule has 0 radical (unpaired) electrons. The van der Waals surface area contributed by atoms with Crippen LogP contribution < -0.4 is 19.7 Å². The summed E-state index contributed by atoms with van der Waals surface area (Å²) >= 11 is 12.2. The van der Waals surface area contributed by atoms with E-state index < -0.39 is 12.0 Å². The summed E-state index contributed by atoms with van der Waals surface area (Å²) in [7, 11) is 3.18. The summed E-state index contributed by atoms with van der Waals surface area (Å²) in [5.41, 5.74) is 2.03. The molecule has 0 aliphatic carbocycles. The third-order valence-electron chi connectivity index (χ3n) is 6.14. The number of pyridine rings is 1. The lowest BCUT2D eigenvalue weighted by Gasteiger charge is -2.27. The zero-order valence-electron chi connectivity index (χ0n) is 19.8. The van der Waals surface area contributed by atoms with E-state index in [0.29, 0.717) is 44.4 Å². The number of aromatic carboxylic acids is 1. The van der Waals surface area contributed by atoms with Crippen LogP contribution in [0.15, 0.2) is 77.3 Å². The molecule has 2 N–H and O–H groups in total. The summed E-state index contributed by atoms with van der Waals surface area (Å²) in [6.45, 7) is 0. The molecule has 5 rings (SSSR count). The molecule has 1 aliphatic heterocycles. The molecular formula is C27H22ClN3O5S. The number of rotatable bonds is 7. The van der Waals surface area contributed by atoms with Crippen molar-refractivity contribution < 1.29 is 23.8 Å². The molecule has 188 valence electrons. The van der Waals surface area contributed by atoms with E-state index in [0.717, 1.165) is 5.69 Å². The predicted octanol–water partition coefficient (Wildman–Crippen LogP) is 5.89. The fourth-order valence-electron chi connectivity index (χ4n) is 4.39. The van der Waals surface area contributed by atoms with Crippen LogP contribution in [0.3, 0.4) is 0 Å². The number of benzene rings is 2. The van der Waals surface area contributed by atoms with E-state index in [1.807, 2.05) is 47.4 Å². The number of hydrogen-bond acceptors (Lipinski definition) is 6. The summed E-state index contributed by atoms with van der Waals surface area (Å²) < 4.78 is 17.4. The Hall–Kier alpha value is -4.08. The number of ether oxygens (including phenoxy) is 2. The first kappa shape index (κ1) is 24.6. The highest BCUT2D eigenvalue weighted by Gasteiger charge is 2.43. The largest absolute Gasteiger partial charge is 0.497 e. The number of methoxy groups -OCH3 is 2. The molecule has 2 unspecified atom stereocenters. The highest BCUT2D eigenvalue weighted by Crippen LogP contribution is 2.46. The normalized spacial score (nSPS) is 16.9. The number of furan rings is 1. The Balaban J connectivity index is 1.65. The zero-order valence-corrected chi connectivity index (χ0v) is 21.4. The van der Waals surface area contributed by atoms with Crippen molar-refractivity contribution >= 4 is 40.6 Å². The Labute approximate surface area is 223 Å². The third-order valence-corrected chi connectivity index (χ3v) is 6.78. The van der Waals surface area contributed by atoms with Crippen molar-refractivity contribution in [3.63, 3.8) is 0 Å². The Bertz CT molecular complexity index is 1480. The van der Waals surface area contributed by atoms with Crippen LogP contribution in [0.1, 0.15) is 33.9 Å². The van der Waals surface area contributed by atoms with Gasteiger partial charge >= 0.3 is 5.97 Å². The minimum atomic E-state index is -1.05. The van der Waals surface area contributed by atoms with Crippen LogP contribution in [-0.2, 0) is 0 Å². The van der Waals surface area contributed by atoms with Gasteiger partial charge < -0.3 is 29.2 Å². The summed E-state index contributed by atoms with van der Waals surface area (Å²) in [6, 6.07) is 18.4. The first-order valence-electron chi connectivity index (χ1n) is 11.3. The molecule has 10 heteroatoms. The number of thiocarbonyl (C=S) groups is 1. The van der Waals surface area contributed by atoms with E-state index in [9.17, 15) is 9.90 Å². The van der Waals surface area contributed by atoms with Crippen LogP contribution in [0.2, 0.25) is 5.02 Å². The lowest BCUT2D eigenvalue weighted by Crippen LogP contribution is -2.29. The Morgan fingerprint density at radius 3 is 2.65 bits per heavy atom. The molecule has 2 aromatic heterocycles. The van der Waals surface area contributed by atoms with Crippen LogP contribution in [0, 0.1) is 0 Å². The number of nitrogens with zero attached hydrogens (tertiary/aromatic N) is 2. The van der Waals surface area contributed by atoms with Crippen LogP contribution in [0.5, 0.6) is 11.5 Å². The molecule has 4 aromatic rings. The number of nitrogens with one attached hydrogen (secondary N) is 1. The summed E-state index contributed by atoms with van der Waals surface area (Å²) in [6.07, 6.45) is 1.72. The van der Waals surface area contributed by atoms with Crippen LogP contribution in [0.4, 0.5) is 5.69 Å². The second kappa shape index (κ2) is 10.1. The maximum atomic E-state index is 11.5. The first-order chi connectivity index (χ1) is 17.9. The molecule has 2 aromatic carbocycles. The minimum Gasteiger partial charge on any atom is -0.497 e. The Morgan fingerprint density at radius 1 is 1.11 bits per heavy atom. The number of carboxylic acid groups (broad SMARTS) is 1. The number of aromatic nitrogens is 1. The topological polar surface area (TPSA) is 97.1 Å². The molecule has 0 spiro atoms. The lowest BCUT2D eigenvalue weighted by atomic mass is 10.0. The van der Waals surface area contributed by atoms with Gasteiger partial charge in [0, 0.05) is 17.8 Å². The van der Waals surface area contributed by atoms with E-state index in [4.69, 9.17) is 37.7 Å². The maximum Gasteiger partial charge on any atom is 0.335 e. The van der Waals surface area contributed by atoms with Crippen molar-refractivity contribution in [1.29, 1.82) is 0 Å². The molecule has 3 heterocycles. The summed E-state index contributed by atoms with van der Waals surface area (Å²) in [5, 5.41) is 13.6. The van der Waals surface area contributed by atoms with Crippen molar-refractivity contribution in [3.05, 3.63) is 95.0 Å². The van der Waals surface area contributed by atoms with Crippen molar-refractivity contribution in [2.24, 2.45) is 0 Å². The molecule has 1 aliphatic rings. The van der Waals surface area contributed by atoms with Crippen molar-refractivity contribution in [2.45, 2.75) is 12.1 Å². The van der Waals surface area contributed by atoms with Gasteiger partial charge in [0.05, 0.1) is 42.2 Å². The number of hydrogen-bond donors (Lipinski definition) is 2. The molecule has 2 atom stereocenters. The summed E-state index contributed by atoms with van der Waals surface area (Å²) in [5.74, 6) is 1.18. The van der Waals surface area contributed by atoms with Crippen LogP contribution >= 0.6 is 23.8 Å². The average molecular weight is 536 g/mol. The van der Waals surface area contributed by atoms with Crippen LogP contribution in [0.25, 0.3) is 11.3 Å². The minimum absolute atomic E-state index is 0.107. The van der Waals surface area contributed by atoms with Crippen molar-refractivity contribution in [1.82, 2.24) is 10.3 Å². The second-order valence-electron chi connectivity index (χ2n) is 8.24. The molecule has 0 saturated carbocycles. The maximum absolute atomic E-state index is 11.5. The molecule has 0 bridgehead atoms. The quantitative estimate of drug-likeness (QED) is 0.281. The Kier molecular flexibility index (Phi) is 6.73. The first-order valence-corrected chi connectivity index (χ1v) is 12.1. The summed E-state index contributed by atoms with van der Waals surface area (Å²) in [4.78, 5) is 18.0. The second-order valence-corrected chi connectivity index (χ2v) is 9.03. The van der Waals surface area contributed by atoms with E-state index >= 15 is 0 Å². The van der Waals surface area contributed by atoms with Crippen molar-refractivity contribution in [2.75, 3.05) is 19.1 Å². The number of halogens is 1. The molecule has 1 fully saturated rings. The highest BCUT2D eigenvalue weighted by molar-refractivity contribution is 7.80. The lowest BCUT2D eigenvalue weighted by molar-refractivity contribution is 0.0697. The van der Waals surface area contributed by atoms with E-state index in [-0.39, 0.29) is 11.6 Å². The predicted molar refractivity (Wildman–Crippen MR) is 144 cm³/mol. The molecule has 37 heavy (non-hydrogen) atoms. The van der Waals surface area contributed by atoms with Gasteiger partial charge in [0.15, 0.2) is 5.11 Å². The van der Waals surface area contributed by atoms with Crippen molar-refractivity contribution in [3.8, 4) is 22.8 Å². The number of carbonyl (C=O) groups is 1. The number of anilines is 1. The smallest absolute Gasteiger partial charge is 0.335 e. The van der Waals surface area contributed by atoms with E-state index in [2.05, 4.69) is 10.3 Å². The molecule has 8 nitrogen and oxygen atoms in total. The molecular weight excluding hydrogens is 514 g/mol. The standard InChI is InChI=1S/C27H22ClN3O5S/c1-34-16-7-9-22(35-2)20(14-16)31-25(24(30-27(31)37)19-5-3-4-12-29-19)23-11-10-21(36-23)17-13-15(26(32)33)6-8-18(17)28/h3-14,24-25H,1-2H3,(H,30,37)(H,32,33). The van der Waals surface area contributed by atoms with Gasteiger partial charge in [0.2, 0.25) is 0 Å². The monoisotopic (exact) mass is 535 g/mol. The van der Waals surface area contributed by atoms with Gasteiger partial charge in [0.1, 0.15) is 29.1 Å². The zero-order chi connectivity index (χ0) is 26.1. The van der Waals surface area contributed by atoms with Gasteiger partial charge in [-0.1, -0.05) is 17.7 Å². The van der Waals surface area contributed by atoms with Gasteiger partial charge in [0.25, 0.3) is 0 Å². The fourth-order valence-corrected chi connectivity index (χ4v) is 4.94. The average Bonchev–Trinajstić information content (AvgIpc) is 3.53.